The summed E-state index contributed by atoms with van der Waals surface area (Å²) in [6.45, 7) is 2.30. The van der Waals surface area contributed by atoms with Crippen LogP contribution in [0.2, 0.25) is 5.02 Å². The molecule has 166 valence electrons. The molecule has 0 radical (unpaired) electrons. The second kappa shape index (κ2) is 10.0. The summed E-state index contributed by atoms with van der Waals surface area (Å²) in [6.07, 6.45) is 2.27. The first-order valence-corrected chi connectivity index (χ1v) is 11.1. The number of carbonyl (C=O) groups is 2. The van der Waals surface area contributed by atoms with Crippen LogP contribution in [0.5, 0.6) is 5.75 Å². The Balaban J connectivity index is 1.48. The molecule has 1 unspecified atom stereocenters. The molecule has 1 aliphatic rings. The van der Waals surface area contributed by atoms with Gasteiger partial charge >= 0.3 is 11.8 Å². The van der Waals surface area contributed by atoms with E-state index in [9.17, 15) is 9.59 Å². The van der Waals surface area contributed by atoms with E-state index in [1.807, 2.05) is 18.2 Å². The first kappa shape index (κ1) is 22.1. The summed E-state index contributed by atoms with van der Waals surface area (Å²) in [5.74, 6) is -0.914. The molecule has 1 aliphatic heterocycles. The van der Waals surface area contributed by atoms with Gasteiger partial charge in [0.25, 0.3) is 0 Å². The molecule has 1 heterocycles. The van der Waals surface area contributed by atoms with Crippen LogP contribution < -0.4 is 15.4 Å². The van der Waals surface area contributed by atoms with E-state index in [0.29, 0.717) is 23.0 Å². The topological polar surface area (TPSA) is 70.7 Å². The number of halogens is 1. The Morgan fingerprint density at radius 2 is 1.78 bits per heavy atom. The van der Waals surface area contributed by atoms with Crippen LogP contribution in [0.1, 0.15) is 24.4 Å². The number of methoxy groups -OCH3 is 1. The molecular weight excluding hydrogens is 426 g/mol. The molecule has 3 aromatic carbocycles. The average Bonchev–Trinajstić information content (AvgIpc) is 3.34. The monoisotopic (exact) mass is 451 g/mol. The highest BCUT2D eigenvalue weighted by Gasteiger charge is 2.26. The summed E-state index contributed by atoms with van der Waals surface area (Å²) in [5.41, 5.74) is 1.59. The van der Waals surface area contributed by atoms with Crippen molar-refractivity contribution in [3.8, 4) is 5.75 Å². The largest absolute Gasteiger partial charge is 0.495 e. The van der Waals surface area contributed by atoms with Gasteiger partial charge in [-0.05, 0) is 60.5 Å². The highest BCUT2D eigenvalue weighted by Crippen LogP contribution is 2.30. The van der Waals surface area contributed by atoms with Crippen molar-refractivity contribution >= 4 is 39.9 Å². The maximum absolute atomic E-state index is 12.6. The number of benzene rings is 3. The zero-order chi connectivity index (χ0) is 22.5. The first-order valence-electron chi connectivity index (χ1n) is 10.7. The van der Waals surface area contributed by atoms with Gasteiger partial charge in [-0.3, -0.25) is 14.5 Å². The molecular formula is C25H26ClN3O3. The van der Waals surface area contributed by atoms with Gasteiger partial charge in [-0.15, -0.1) is 0 Å². The van der Waals surface area contributed by atoms with Gasteiger partial charge in [-0.1, -0.05) is 54.1 Å². The minimum atomic E-state index is -0.732. The minimum absolute atomic E-state index is 0.00391. The zero-order valence-electron chi connectivity index (χ0n) is 17.9. The quantitative estimate of drug-likeness (QED) is 0.545. The number of ether oxygens (including phenoxy) is 1. The van der Waals surface area contributed by atoms with E-state index in [1.54, 1.807) is 18.2 Å². The molecule has 7 heteroatoms. The fourth-order valence-corrected chi connectivity index (χ4v) is 4.49. The summed E-state index contributed by atoms with van der Waals surface area (Å²) in [5, 5.41) is 8.11. The van der Waals surface area contributed by atoms with Crippen molar-refractivity contribution in [3.63, 3.8) is 0 Å². The maximum atomic E-state index is 12.6. The molecule has 6 nitrogen and oxygen atoms in total. The Hall–Kier alpha value is -3.09. The number of amides is 2. The number of nitrogens with one attached hydrogen (secondary N) is 2. The van der Waals surface area contributed by atoms with Crippen LogP contribution in [0.15, 0.2) is 60.7 Å². The van der Waals surface area contributed by atoms with Gasteiger partial charge in [0.15, 0.2) is 0 Å². The summed E-state index contributed by atoms with van der Waals surface area (Å²) < 4.78 is 5.11. The maximum Gasteiger partial charge on any atom is 0.313 e. The molecule has 0 aromatic heterocycles. The van der Waals surface area contributed by atoms with E-state index < -0.39 is 11.8 Å². The van der Waals surface area contributed by atoms with E-state index in [2.05, 4.69) is 39.8 Å². The van der Waals surface area contributed by atoms with Crippen molar-refractivity contribution < 1.29 is 14.3 Å². The SMILES string of the molecule is COc1ccc(NC(=O)C(=O)NCC(c2cccc3ccccc23)N2CCCC2)cc1Cl. The Morgan fingerprint density at radius 1 is 1.03 bits per heavy atom. The standard InChI is InChI=1S/C25H26ClN3O3/c1-32-23-12-11-18(15-21(23)26)28-25(31)24(30)27-16-22(29-13-4-5-14-29)20-10-6-8-17-7-2-3-9-19(17)20/h2-3,6-12,15,22H,4-5,13-14,16H2,1H3,(H,27,30)(H,28,31). The minimum Gasteiger partial charge on any atom is -0.495 e. The molecule has 32 heavy (non-hydrogen) atoms. The lowest BCUT2D eigenvalue weighted by molar-refractivity contribution is -0.136. The lowest BCUT2D eigenvalue weighted by atomic mass is 9.97. The lowest BCUT2D eigenvalue weighted by Crippen LogP contribution is -2.41. The number of hydrogen-bond donors (Lipinski definition) is 2. The van der Waals surface area contributed by atoms with Crippen molar-refractivity contribution in [2.45, 2.75) is 18.9 Å². The van der Waals surface area contributed by atoms with E-state index in [1.165, 1.54) is 12.5 Å². The molecule has 4 rings (SSSR count). The van der Waals surface area contributed by atoms with Crippen molar-refractivity contribution in [1.29, 1.82) is 0 Å². The molecule has 1 atom stereocenters. The third kappa shape index (κ3) is 4.87. The van der Waals surface area contributed by atoms with Crippen LogP contribution in [0.25, 0.3) is 10.8 Å². The molecule has 3 aromatic rings. The van der Waals surface area contributed by atoms with E-state index >= 15 is 0 Å². The van der Waals surface area contributed by atoms with Gasteiger partial charge in [-0.25, -0.2) is 0 Å². The summed E-state index contributed by atoms with van der Waals surface area (Å²) in [4.78, 5) is 27.4. The van der Waals surface area contributed by atoms with Crippen LogP contribution in [0.4, 0.5) is 5.69 Å². The third-order valence-corrected chi connectivity index (χ3v) is 6.13. The Labute approximate surface area is 192 Å². The molecule has 1 fully saturated rings. The number of fused-ring (bicyclic) bond motifs is 1. The van der Waals surface area contributed by atoms with Crippen molar-refractivity contribution in [3.05, 3.63) is 71.2 Å². The van der Waals surface area contributed by atoms with Crippen LogP contribution in [-0.4, -0.2) is 43.5 Å². The van der Waals surface area contributed by atoms with Gasteiger partial charge in [0.2, 0.25) is 0 Å². The van der Waals surface area contributed by atoms with Gasteiger partial charge in [0.05, 0.1) is 18.2 Å². The van der Waals surface area contributed by atoms with E-state index in [4.69, 9.17) is 16.3 Å². The van der Waals surface area contributed by atoms with Gasteiger partial charge in [0.1, 0.15) is 5.75 Å². The van der Waals surface area contributed by atoms with Crippen molar-refractivity contribution in [1.82, 2.24) is 10.2 Å². The van der Waals surface area contributed by atoms with Crippen LogP contribution in [0.3, 0.4) is 0 Å². The Kier molecular flexibility index (Phi) is 6.93. The normalized spacial score (nSPS) is 14.8. The predicted molar refractivity (Wildman–Crippen MR) is 127 cm³/mol. The van der Waals surface area contributed by atoms with Gasteiger partial charge < -0.3 is 15.4 Å². The number of nitrogens with zero attached hydrogens (tertiary/aromatic N) is 1. The fourth-order valence-electron chi connectivity index (χ4n) is 4.23. The summed E-state index contributed by atoms with van der Waals surface area (Å²) >= 11 is 6.10. The Bertz CT molecular complexity index is 1120. The zero-order valence-corrected chi connectivity index (χ0v) is 18.7. The molecule has 0 saturated carbocycles. The van der Waals surface area contributed by atoms with E-state index in [0.717, 1.165) is 36.9 Å². The second-order valence-corrected chi connectivity index (χ2v) is 8.25. The third-order valence-electron chi connectivity index (χ3n) is 5.84. The number of hydrogen-bond acceptors (Lipinski definition) is 4. The van der Waals surface area contributed by atoms with Crippen LogP contribution >= 0.6 is 11.6 Å². The number of rotatable bonds is 6. The summed E-state index contributed by atoms with van der Waals surface area (Å²) in [6, 6.07) is 19.3. The van der Waals surface area contributed by atoms with E-state index in [-0.39, 0.29) is 6.04 Å². The van der Waals surface area contributed by atoms with Crippen LogP contribution in [0, 0.1) is 0 Å². The fraction of sp³-hybridized carbons (Fsp3) is 0.280. The predicted octanol–water partition coefficient (Wildman–Crippen LogP) is 4.39. The average molecular weight is 452 g/mol. The lowest BCUT2D eigenvalue weighted by Gasteiger charge is -2.29. The first-order chi connectivity index (χ1) is 15.6. The molecule has 0 bridgehead atoms. The number of carbonyl (C=O) groups excluding carboxylic acids is 2. The highest BCUT2D eigenvalue weighted by atomic mass is 35.5. The molecule has 2 amide bonds. The molecule has 0 spiro atoms. The highest BCUT2D eigenvalue weighted by molar-refractivity contribution is 6.40. The Morgan fingerprint density at radius 3 is 2.53 bits per heavy atom. The van der Waals surface area contributed by atoms with Gasteiger partial charge in [-0.2, -0.15) is 0 Å². The van der Waals surface area contributed by atoms with Crippen LogP contribution in [-0.2, 0) is 9.59 Å². The smallest absolute Gasteiger partial charge is 0.313 e. The summed E-state index contributed by atoms with van der Waals surface area (Å²) in [7, 11) is 1.51. The van der Waals surface area contributed by atoms with Crippen molar-refractivity contribution in [2.75, 3.05) is 32.1 Å². The second-order valence-electron chi connectivity index (χ2n) is 7.84. The van der Waals surface area contributed by atoms with Crippen molar-refractivity contribution in [2.24, 2.45) is 0 Å². The number of likely N-dealkylation sites (tertiary alicyclic amines) is 1. The van der Waals surface area contributed by atoms with Gasteiger partial charge in [0, 0.05) is 12.2 Å². The number of anilines is 1. The molecule has 1 saturated heterocycles. The molecule has 2 N–H and O–H groups in total. The molecule has 0 aliphatic carbocycles.